The average Bonchev–Trinajstić information content (AvgIpc) is 2.03. The molecule has 0 aromatic carbocycles. The molecule has 2 nitrogen and oxygen atoms in total. The normalized spacial score (nSPS) is 8.77. The zero-order valence-electron chi connectivity index (χ0n) is 7.52. The zero-order valence-corrected chi connectivity index (χ0v) is 10.7. The molecule has 0 amide bonds. The number of halogens is 4. The Morgan fingerprint density at radius 1 is 0.692 bits per heavy atom. The molecular formula is C7H18Cl4N2. The van der Waals surface area contributed by atoms with Crippen molar-refractivity contribution in [3.63, 3.8) is 0 Å². The van der Waals surface area contributed by atoms with Gasteiger partial charge in [0.2, 0.25) is 0 Å². The van der Waals surface area contributed by atoms with Gasteiger partial charge in [0.15, 0.2) is 0 Å². The molecule has 0 saturated carbocycles. The van der Waals surface area contributed by atoms with E-state index >= 15 is 0 Å². The summed E-state index contributed by atoms with van der Waals surface area (Å²) in [5, 5.41) is 6.41. The molecule has 0 radical (unpaired) electrons. The third kappa shape index (κ3) is 19.5. The maximum absolute atomic E-state index is 5.47. The molecule has 0 aliphatic carbocycles. The topological polar surface area (TPSA) is 24.1 Å². The second-order valence-corrected chi connectivity index (χ2v) is 2.99. The van der Waals surface area contributed by atoms with E-state index in [0.29, 0.717) is 11.8 Å². The Hall–Kier alpha value is 1.08. The van der Waals surface area contributed by atoms with Gasteiger partial charge in [-0.2, -0.15) is 0 Å². The third-order valence-corrected chi connectivity index (χ3v) is 1.63. The molecule has 0 saturated heterocycles. The quantitative estimate of drug-likeness (QED) is 0.520. The monoisotopic (exact) mass is 270 g/mol. The number of nitrogens with one attached hydrogen (secondary N) is 2. The van der Waals surface area contributed by atoms with Gasteiger partial charge in [-0.3, -0.25) is 0 Å². The summed E-state index contributed by atoms with van der Waals surface area (Å²) in [5.74, 6) is 1.38. The number of hydrogen-bond acceptors (Lipinski definition) is 2. The van der Waals surface area contributed by atoms with Crippen LogP contribution in [0.3, 0.4) is 0 Å². The van der Waals surface area contributed by atoms with Crippen LogP contribution in [0.2, 0.25) is 0 Å². The predicted molar refractivity (Wildman–Crippen MR) is 66.3 cm³/mol. The lowest BCUT2D eigenvalue weighted by atomic mass is 10.4. The Kier molecular flexibility index (Phi) is 28.4. The summed E-state index contributed by atoms with van der Waals surface area (Å²) in [5.41, 5.74) is 0. The first-order valence-corrected chi connectivity index (χ1v) is 5.02. The second-order valence-electron chi connectivity index (χ2n) is 2.23. The second kappa shape index (κ2) is 18.8. The van der Waals surface area contributed by atoms with Crippen LogP contribution in [0.15, 0.2) is 0 Å². The van der Waals surface area contributed by atoms with Gasteiger partial charge in [-0.05, 0) is 19.5 Å². The largest absolute Gasteiger partial charge is 0.315 e. The van der Waals surface area contributed by atoms with Crippen LogP contribution in [0.1, 0.15) is 6.42 Å². The van der Waals surface area contributed by atoms with Gasteiger partial charge < -0.3 is 10.6 Å². The van der Waals surface area contributed by atoms with E-state index in [1.54, 1.807) is 0 Å². The smallest absolute Gasteiger partial charge is 0.0348 e. The minimum Gasteiger partial charge on any atom is -0.315 e. The van der Waals surface area contributed by atoms with E-state index in [4.69, 9.17) is 23.2 Å². The van der Waals surface area contributed by atoms with Crippen LogP contribution in [0.5, 0.6) is 0 Å². The van der Waals surface area contributed by atoms with Crippen LogP contribution in [0, 0.1) is 0 Å². The highest BCUT2D eigenvalue weighted by atomic mass is 35.5. The van der Waals surface area contributed by atoms with Gasteiger partial charge in [0.25, 0.3) is 0 Å². The summed E-state index contributed by atoms with van der Waals surface area (Å²) in [4.78, 5) is 0. The Morgan fingerprint density at radius 3 is 1.38 bits per heavy atom. The van der Waals surface area contributed by atoms with E-state index in [2.05, 4.69) is 10.6 Å². The van der Waals surface area contributed by atoms with Crippen LogP contribution >= 0.6 is 48.0 Å². The Labute approximate surface area is 103 Å². The van der Waals surface area contributed by atoms with E-state index in [9.17, 15) is 0 Å². The number of alkyl halides is 2. The van der Waals surface area contributed by atoms with Crippen LogP contribution in [0.4, 0.5) is 0 Å². The van der Waals surface area contributed by atoms with E-state index in [1.807, 2.05) is 0 Å². The fourth-order valence-corrected chi connectivity index (χ4v) is 0.989. The summed E-state index contributed by atoms with van der Waals surface area (Å²) < 4.78 is 0. The average molecular weight is 272 g/mol. The Balaban J connectivity index is -0.000000500. The summed E-state index contributed by atoms with van der Waals surface area (Å²) in [6.45, 7) is 3.86. The summed E-state index contributed by atoms with van der Waals surface area (Å²) in [6.07, 6.45) is 1.13. The van der Waals surface area contributed by atoms with E-state index in [1.165, 1.54) is 0 Å². The Bertz CT molecular complexity index is 67.5. The fourth-order valence-electron chi connectivity index (χ4n) is 0.722. The lowest BCUT2D eigenvalue weighted by Crippen LogP contribution is -2.24. The van der Waals surface area contributed by atoms with E-state index in [0.717, 1.165) is 32.6 Å². The standard InChI is InChI=1S/C7H16Cl2N2.2ClH/c8-2-6-10-4-1-5-11-7-3-9;;/h10-11H,1-7H2;2*1H. The Morgan fingerprint density at radius 2 is 1.08 bits per heavy atom. The van der Waals surface area contributed by atoms with Gasteiger partial charge in [-0.25, -0.2) is 0 Å². The van der Waals surface area contributed by atoms with Gasteiger partial charge in [0.05, 0.1) is 0 Å². The van der Waals surface area contributed by atoms with Crippen molar-refractivity contribution in [2.75, 3.05) is 37.9 Å². The molecule has 84 valence electrons. The van der Waals surface area contributed by atoms with Crippen molar-refractivity contribution < 1.29 is 0 Å². The van der Waals surface area contributed by atoms with Crippen molar-refractivity contribution in [3.05, 3.63) is 0 Å². The highest BCUT2D eigenvalue weighted by molar-refractivity contribution is 6.18. The highest BCUT2D eigenvalue weighted by Gasteiger charge is 1.86. The molecule has 0 aromatic rings. The van der Waals surface area contributed by atoms with Gasteiger partial charge in [-0.15, -0.1) is 48.0 Å². The van der Waals surface area contributed by atoms with Crippen LogP contribution in [0.25, 0.3) is 0 Å². The molecule has 0 aliphatic rings. The minimum atomic E-state index is 0. The molecule has 0 aliphatic heterocycles. The van der Waals surface area contributed by atoms with Crippen molar-refractivity contribution in [1.29, 1.82) is 0 Å². The van der Waals surface area contributed by atoms with Gasteiger partial charge in [0.1, 0.15) is 0 Å². The van der Waals surface area contributed by atoms with Gasteiger partial charge >= 0.3 is 0 Å². The SMILES string of the molecule is Cl.Cl.ClCCNCCCNCCCl. The first kappa shape index (κ1) is 19.6. The first-order chi connectivity index (χ1) is 5.41. The van der Waals surface area contributed by atoms with E-state index in [-0.39, 0.29) is 24.8 Å². The molecule has 0 spiro atoms. The highest BCUT2D eigenvalue weighted by Crippen LogP contribution is 1.76. The van der Waals surface area contributed by atoms with Crippen molar-refractivity contribution >= 4 is 48.0 Å². The minimum absolute atomic E-state index is 0. The third-order valence-electron chi connectivity index (χ3n) is 1.25. The fraction of sp³-hybridized carbons (Fsp3) is 1.00. The predicted octanol–water partition coefficient (Wildman–Crippen LogP) is 1.88. The van der Waals surface area contributed by atoms with Crippen molar-refractivity contribution in [2.24, 2.45) is 0 Å². The molecule has 0 rings (SSSR count). The molecule has 2 N–H and O–H groups in total. The van der Waals surface area contributed by atoms with Crippen LogP contribution in [-0.2, 0) is 0 Å². The molecule has 0 heterocycles. The van der Waals surface area contributed by atoms with Crippen molar-refractivity contribution in [2.45, 2.75) is 6.42 Å². The maximum atomic E-state index is 5.47. The van der Waals surface area contributed by atoms with Gasteiger partial charge in [0, 0.05) is 24.8 Å². The first-order valence-electron chi connectivity index (χ1n) is 3.95. The molecular weight excluding hydrogens is 254 g/mol. The van der Waals surface area contributed by atoms with Crippen molar-refractivity contribution in [3.8, 4) is 0 Å². The molecule has 0 aromatic heterocycles. The lowest BCUT2D eigenvalue weighted by Gasteiger charge is -2.02. The summed E-state index contributed by atoms with van der Waals surface area (Å²) in [6, 6.07) is 0. The van der Waals surface area contributed by atoms with E-state index < -0.39 is 0 Å². The molecule has 0 bridgehead atoms. The molecule has 0 unspecified atom stereocenters. The van der Waals surface area contributed by atoms with Crippen LogP contribution < -0.4 is 10.6 Å². The van der Waals surface area contributed by atoms with Gasteiger partial charge in [-0.1, -0.05) is 0 Å². The molecule has 6 heteroatoms. The number of rotatable bonds is 8. The molecule has 0 atom stereocenters. The zero-order chi connectivity index (χ0) is 8.36. The van der Waals surface area contributed by atoms with Crippen molar-refractivity contribution in [1.82, 2.24) is 10.6 Å². The van der Waals surface area contributed by atoms with Crippen LogP contribution in [-0.4, -0.2) is 37.9 Å². The summed E-state index contributed by atoms with van der Waals surface area (Å²) >= 11 is 10.9. The summed E-state index contributed by atoms with van der Waals surface area (Å²) in [7, 11) is 0. The molecule has 13 heavy (non-hydrogen) atoms. The molecule has 0 fully saturated rings. The lowest BCUT2D eigenvalue weighted by molar-refractivity contribution is 0.621. The maximum Gasteiger partial charge on any atom is 0.0348 e. The number of hydrogen-bond donors (Lipinski definition) is 2.